The second-order valence-electron chi connectivity index (χ2n) is 7.99. The number of thiazole rings is 1. The van der Waals surface area contributed by atoms with E-state index in [2.05, 4.69) is 31.5 Å². The van der Waals surface area contributed by atoms with Gasteiger partial charge in [0, 0.05) is 39.4 Å². The van der Waals surface area contributed by atoms with E-state index < -0.39 is 5.92 Å². The number of hydrogen-bond acceptors (Lipinski definition) is 5. The number of carbonyl (C=O) groups is 2. The average molecular weight is 563 g/mol. The van der Waals surface area contributed by atoms with Crippen molar-refractivity contribution in [1.82, 2.24) is 10.3 Å². The van der Waals surface area contributed by atoms with Crippen LogP contribution in [0.2, 0.25) is 10.0 Å². The van der Waals surface area contributed by atoms with Crippen LogP contribution in [0, 0.1) is 0 Å². The van der Waals surface area contributed by atoms with Crippen molar-refractivity contribution in [2.75, 3.05) is 5.32 Å². The maximum absolute atomic E-state index is 13.6. The first-order chi connectivity index (χ1) is 15.8. The van der Waals surface area contributed by atoms with E-state index in [0.717, 1.165) is 33.2 Å². The van der Waals surface area contributed by atoms with E-state index in [9.17, 15) is 9.59 Å². The Balaban J connectivity index is 1.59. The molecule has 5 nitrogen and oxygen atoms in total. The summed E-state index contributed by atoms with van der Waals surface area (Å²) in [5.41, 5.74) is 4.01. The predicted octanol–water partition coefficient (Wildman–Crippen LogP) is 6.97. The molecular weight excluding hydrogens is 545 g/mol. The molecule has 168 valence electrons. The monoisotopic (exact) mass is 561 g/mol. The van der Waals surface area contributed by atoms with Crippen LogP contribution in [0.4, 0.5) is 5.13 Å². The normalized spacial score (nSPS) is 18.4. The summed E-state index contributed by atoms with van der Waals surface area (Å²) in [6.45, 7) is 1.85. The summed E-state index contributed by atoms with van der Waals surface area (Å²) in [5.74, 6) is -0.916. The average Bonchev–Trinajstić information content (AvgIpc) is 3.16. The van der Waals surface area contributed by atoms with E-state index in [-0.39, 0.29) is 11.7 Å². The molecule has 2 heterocycles. The van der Waals surface area contributed by atoms with Crippen molar-refractivity contribution in [3.8, 4) is 0 Å². The first kappa shape index (κ1) is 22.6. The zero-order chi connectivity index (χ0) is 23.3. The van der Waals surface area contributed by atoms with Crippen molar-refractivity contribution in [1.29, 1.82) is 0 Å². The maximum Gasteiger partial charge on any atom is 0.256 e. The van der Waals surface area contributed by atoms with Gasteiger partial charge >= 0.3 is 0 Å². The Labute approximate surface area is 213 Å². The van der Waals surface area contributed by atoms with Gasteiger partial charge in [-0.25, -0.2) is 4.98 Å². The van der Waals surface area contributed by atoms with E-state index in [1.54, 1.807) is 12.1 Å². The van der Waals surface area contributed by atoms with Crippen LogP contribution in [0.3, 0.4) is 0 Å². The third-order valence-corrected chi connectivity index (χ3v) is 8.14. The lowest BCUT2D eigenvalue weighted by Crippen LogP contribution is -2.35. The number of rotatable bonds is 3. The van der Waals surface area contributed by atoms with Crippen LogP contribution in [0.15, 0.2) is 63.4 Å². The number of nitrogens with zero attached hydrogens (tertiary/aromatic N) is 1. The molecule has 0 spiro atoms. The summed E-state index contributed by atoms with van der Waals surface area (Å²) in [6.07, 6.45) is 1.96. The van der Waals surface area contributed by atoms with Crippen molar-refractivity contribution in [2.24, 2.45) is 0 Å². The molecule has 2 aromatic carbocycles. The van der Waals surface area contributed by atoms with Crippen LogP contribution in [-0.2, 0) is 9.59 Å². The lowest BCUT2D eigenvalue weighted by Gasteiger charge is -2.34. The number of hydrogen-bond donors (Lipinski definition) is 2. The van der Waals surface area contributed by atoms with Crippen molar-refractivity contribution >= 4 is 77.5 Å². The highest BCUT2D eigenvalue weighted by atomic mass is 79.9. The minimum Gasteiger partial charge on any atom is -0.362 e. The molecule has 1 unspecified atom stereocenters. The minimum absolute atomic E-state index is 0.0208. The highest BCUT2D eigenvalue weighted by Crippen LogP contribution is 2.45. The van der Waals surface area contributed by atoms with E-state index in [1.807, 2.05) is 31.2 Å². The molecule has 0 bridgehead atoms. The zero-order valence-electron chi connectivity index (χ0n) is 17.5. The maximum atomic E-state index is 13.6. The van der Waals surface area contributed by atoms with Gasteiger partial charge in [0.2, 0.25) is 0 Å². The van der Waals surface area contributed by atoms with Gasteiger partial charge < -0.3 is 5.32 Å². The summed E-state index contributed by atoms with van der Waals surface area (Å²) in [4.78, 5) is 31.2. The number of benzene rings is 2. The molecule has 0 fully saturated rings. The molecule has 0 saturated carbocycles. The van der Waals surface area contributed by atoms with Gasteiger partial charge in [-0.1, -0.05) is 62.6 Å². The molecule has 1 atom stereocenters. The van der Waals surface area contributed by atoms with Crippen LogP contribution in [-0.4, -0.2) is 16.7 Å². The minimum atomic E-state index is -0.608. The van der Waals surface area contributed by atoms with Gasteiger partial charge in [-0.05, 0) is 49.6 Å². The van der Waals surface area contributed by atoms with Crippen LogP contribution in [0.25, 0.3) is 10.2 Å². The third-order valence-electron chi connectivity index (χ3n) is 5.88. The molecule has 1 aliphatic heterocycles. The quantitative estimate of drug-likeness (QED) is 0.361. The number of halogens is 3. The Hall–Kier alpha value is -2.19. The number of fused-ring (bicyclic) bond motifs is 1. The van der Waals surface area contributed by atoms with Crippen LogP contribution < -0.4 is 10.6 Å². The number of nitrogens with one attached hydrogen (secondary N) is 2. The highest BCUT2D eigenvalue weighted by Gasteiger charge is 2.39. The molecular formula is C24H18BrCl2N3O2S. The Morgan fingerprint density at radius 2 is 2.06 bits per heavy atom. The lowest BCUT2D eigenvalue weighted by atomic mass is 9.75. The van der Waals surface area contributed by atoms with Crippen LogP contribution in [0.5, 0.6) is 0 Å². The topological polar surface area (TPSA) is 71.1 Å². The molecule has 0 saturated heterocycles. The fourth-order valence-electron chi connectivity index (χ4n) is 4.46. The second kappa shape index (κ2) is 8.87. The Bertz CT molecular complexity index is 1400. The first-order valence-electron chi connectivity index (χ1n) is 10.4. The number of Topliss-reactive ketones (excluding diaryl/α,β-unsaturated/α-hetero) is 1. The van der Waals surface area contributed by atoms with E-state index in [0.29, 0.717) is 44.0 Å². The first-order valence-corrected chi connectivity index (χ1v) is 12.8. The van der Waals surface area contributed by atoms with Gasteiger partial charge in [0.1, 0.15) is 0 Å². The number of carbonyl (C=O) groups excluding carboxylic acids is 2. The molecule has 3 aromatic rings. The number of dihydropyridines is 1. The van der Waals surface area contributed by atoms with Crippen molar-refractivity contribution < 1.29 is 9.59 Å². The highest BCUT2D eigenvalue weighted by molar-refractivity contribution is 9.10. The standard InChI is InChI=1S/C24H18BrCl2N3O2S/c1-11-19(23(32)30-24-29-15-9-8-12(25)10-18(15)33-24)20(13-4-2-5-14(26)22(13)27)21-16(28-11)6-3-7-17(21)31/h2,4-5,8-10,20,28H,3,6-7H2,1H3,(H,29,30,32). The largest absolute Gasteiger partial charge is 0.362 e. The number of aromatic nitrogens is 1. The molecule has 1 amide bonds. The SMILES string of the molecule is CC1=C(C(=O)Nc2nc3ccc(Br)cc3s2)C(c2cccc(Cl)c2Cl)C2=C(CCCC2=O)N1. The summed E-state index contributed by atoms with van der Waals surface area (Å²) < 4.78 is 1.89. The van der Waals surface area contributed by atoms with Gasteiger partial charge in [0.05, 0.1) is 20.3 Å². The summed E-state index contributed by atoms with van der Waals surface area (Å²) in [5, 5.41) is 7.47. The summed E-state index contributed by atoms with van der Waals surface area (Å²) in [7, 11) is 0. The number of ketones is 1. The molecule has 0 radical (unpaired) electrons. The van der Waals surface area contributed by atoms with Gasteiger partial charge in [-0.15, -0.1) is 0 Å². The molecule has 2 aliphatic rings. The van der Waals surface area contributed by atoms with Crippen molar-refractivity contribution in [3.05, 3.63) is 79.0 Å². The Morgan fingerprint density at radius 3 is 2.88 bits per heavy atom. The van der Waals surface area contributed by atoms with Gasteiger partial charge in [-0.2, -0.15) is 0 Å². The fraction of sp³-hybridized carbons (Fsp3) is 0.208. The van der Waals surface area contributed by atoms with Crippen molar-refractivity contribution in [3.63, 3.8) is 0 Å². The molecule has 9 heteroatoms. The molecule has 1 aromatic heterocycles. The van der Waals surface area contributed by atoms with Crippen molar-refractivity contribution in [2.45, 2.75) is 32.1 Å². The predicted molar refractivity (Wildman–Crippen MR) is 137 cm³/mol. The number of anilines is 1. The van der Waals surface area contributed by atoms with E-state index >= 15 is 0 Å². The molecule has 33 heavy (non-hydrogen) atoms. The van der Waals surface area contributed by atoms with E-state index in [1.165, 1.54) is 11.3 Å². The third kappa shape index (κ3) is 4.12. The molecule has 5 rings (SSSR count). The summed E-state index contributed by atoms with van der Waals surface area (Å²) in [6, 6.07) is 11.1. The Morgan fingerprint density at radius 1 is 1.24 bits per heavy atom. The fourth-order valence-corrected chi connectivity index (χ4v) is 6.28. The van der Waals surface area contributed by atoms with Gasteiger partial charge in [0.25, 0.3) is 5.91 Å². The van der Waals surface area contributed by atoms with Crippen LogP contribution in [0.1, 0.15) is 37.7 Å². The smallest absolute Gasteiger partial charge is 0.256 e. The summed E-state index contributed by atoms with van der Waals surface area (Å²) >= 11 is 17.8. The number of allylic oxidation sites excluding steroid dienone is 3. The molecule has 2 N–H and O–H groups in total. The molecule has 1 aliphatic carbocycles. The number of amides is 1. The second-order valence-corrected chi connectivity index (χ2v) is 10.7. The lowest BCUT2D eigenvalue weighted by molar-refractivity contribution is -0.116. The van der Waals surface area contributed by atoms with Gasteiger partial charge in [-0.3, -0.25) is 14.9 Å². The Kier molecular flexibility index (Phi) is 6.07. The van der Waals surface area contributed by atoms with Crippen LogP contribution >= 0.6 is 50.5 Å². The van der Waals surface area contributed by atoms with E-state index in [4.69, 9.17) is 23.2 Å². The zero-order valence-corrected chi connectivity index (χ0v) is 21.4. The van der Waals surface area contributed by atoms with Gasteiger partial charge in [0.15, 0.2) is 10.9 Å².